The van der Waals surface area contributed by atoms with E-state index in [-0.39, 0.29) is 54.3 Å². The van der Waals surface area contributed by atoms with Crippen LogP contribution in [0.4, 0.5) is 21.6 Å². The van der Waals surface area contributed by atoms with Crippen molar-refractivity contribution in [2.45, 2.75) is 76.2 Å². The number of nitrogens with one attached hydrogen (secondary N) is 3. The Hall–Kier alpha value is -6.62. The van der Waals surface area contributed by atoms with E-state index < -0.39 is 35.5 Å². The Labute approximate surface area is 362 Å². The number of aromatic nitrogens is 2. The summed E-state index contributed by atoms with van der Waals surface area (Å²) in [5.41, 5.74) is 4.31. The fourth-order valence-corrected chi connectivity index (χ4v) is 10.4. The van der Waals surface area contributed by atoms with Crippen molar-refractivity contribution in [2.75, 3.05) is 55.0 Å². The molecule has 6 aliphatic heterocycles. The smallest absolute Gasteiger partial charge is 0.262 e. The van der Waals surface area contributed by atoms with Gasteiger partial charge in [0.25, 0.3) is 17.7 Å². The molecule has 3 atom stereocenters. The van der Waals surface area contributed by atoms with Gasteiger partial charge in [0.05, 0.1) is 49.1 Å². The molecule has 4 aromatic rings. The van der Waals surface area contributed by atoms with Crippen LogP contribution in [-0.2, 0) is 33.9 Å². The van der Waals surface area contributed by atoms with Crippen LogP contribution < -0.4 is 25.2 Å². The number of piperazine rings is 1. The van der Waals surface area contributed by atoms with Crippen molar-refractivity contribution < 1.29 is 37.9 Å². The van der Waals surface area contributed by atoms with Gasteiger partial charge in [0.1, 0.15) is 17.6 Å². The summed E-state index contributed by atoms with van der Waals surface area (Å²) in [7, 11) is 1.59. The number of amides is 6. The second kappa shape index (κ2) is 16.3. The highest BCUT2D eigenvalue weighted by molar-refractivity contribution is 6.23. The molecule has 17 heteroatoms. The average molecular weight is 858 g/mol. The molecule has 10 rings (SSSR count). The van der Waals surface area contributed by atoms with Gasteiger partial charge in [0, 0.05) is 73.6 Å². The van der Waals surface area contributed by atoms with E-state index in [0.717, 1.165) is 78.8 Å². The molecular weight excluding hydrogens is 810 g/mol. The number of piperidine rings is 2. The topological polar surface area (TPSA) is 181 Å². The van der Waals surface area contributed by atoms with Crippen molar-refractivity contribution in [3.05, 3.63) is 100.0 Å². The fourth-order valence-electron chi connectivity index (χ4n) is 10.4. The second-order valence-corrected chi connectivity index (χ2v) is 17.5. The van der Waals surface area contributed by atoms with Gasteiger partial charge >= 0.3 is 0 Å². The molecule has 4 fully saturated rings. The Morgan fingerprint density at radius 1 is 0.873 bits per heavy atom. The standard InChI is InChI=1S/C46H48FN9O7/c1-63-39-5-3-2-4-28(39)18-41(58)54-24-34-36(25-54)50-51-42(34)49-43(59)27-6-8-29(9-7-27)52-16-14-26(15-17-52)21-55-30-10-11-31(55)23-53(22-30)38-20-33-32(19-35(38)47)45(61)56(46(33)62)37-12-13-40(57)48-44(37)60/h2-9,19-20,26,30-31,37H,10-18,21-25H2,1H3,(H,48,57,60)(H2,49,50,51,59). The quantitative estimate of drug-likeness (QED) is 0.197. The minimum absolute atomic E-state index is 0.0155. The minimum atomic E-state index is -1.10. The van der Waals surface area contributed by atoms with E-state index >= 15 is 4.39 Å². The normalized spacial score (nSPS) is 22.4. The largest absolute Gasteiger partial charge is 0.496 e. The number of hydrogen-bond donors (Lipinski definition) is 3. The van der Waals surface area contributed by atoms with E-state index in [2.05, 4.69) is 30.6 Å². The van der Waals surface area contributed by atoms with Crippen molar-refractivity contribution in [1.29, 1.82) is 0 Å². The molecule has 6 amide bonds. The summed E-state index contributed by atoms with van der Waals surface area (Å²) in [4.78, 5) is 86.9. The highest BCUT2D eigenvalue weighted by Gasteiger charge is 2.47. The van der Waals surface area contributed by atoms with Gasteiger partial charge < -0.3 is 24.8 Å². The molecule has 16 nitrogen and oxygen atoms in total. The average Bonchev–Trinajstić information content (AvgIpc) is 4.00. The van der Waals surface area contributed by atoms with Gasteiger partial charge in [-0.1, -0.05) is 18.2 Å². The van der Waals surface area contributed by atoms with E-state index in [4.69, 9.17) is 4.74 Å². The van der Waals surface area contributed by atoms with Gasteiger partial charge in [0.2, 0.25) is 17.7 Å². The SMILES string of the molecule is COc1ccccc1CC(=O)N1Cc2[nH]nc(NC(=O)c3ccc(N4CCC(CN5C6CCC5CN(c5cc7c(cc5F)C(=O)N(C5CCC(=O)NC5=O)C7=O)C6)CC4)cc3)c2C1. The monoisotopic (exact) mass is 857 g/mol. The first-order chi connectivity index (χ1) is 30.5. The lowest BCUT2D eigenvalue weighted by Crippen LogP contribution is -2.55. The number of para-hydroxylation sites is 1. The van der Waals surface area contributed by atoms with Crippen molar-refractivity contribution in [3.8, 4) is 5.75 Å². The predicted octanol–water partition coefficient (Wildman–Crippen LogP) is 3.87. The Morgan fingerprint density at radius 3 is 2.30 bits per heavy atom. The van der Waals surface area contributed by atoms with Crippen molar-refractivity contribution in [3.63, 3.8) is 0 Å². The Bertz CT molecular complexity index is 2520. The van der Waals surface area contributed by atoms with E-state index in [1.54, 1.807) is 12.0 Å². The number of aromatic amines is 1. The van der Waals surface area contributed by atoms with E-state index in [1.807, 2.05) is 53.4 Å². The van der Waals surface area contributed by atoms with Crippen LogP contribution in [0.25, 0.3) is 0 Å². The predicted molar refractivity (Wildman–Crippen MR) is 228 cm³/mol. The molecule has 326 valence electrons. The molecule has 6 aliphatic rings. The van der Waals surface area contributed by atoms with Crippen LogP contribution in [-0.4, -0.2) is 118 Å². The first kappa shape index (κ1) is 40.5. The summed E-state index contributed by atoms with van der Waals surface area (Å²) in [6, 6.07) is 17.0. The molecule has 0 aliphatic carbocycles. The first-order valence-corrected chi connectivity index (χ1v) is 21.7. The summed E-state index contributed by atoms with van der Waals surface area (Å²) >= 11 is 0. The van der Waals surface area contributed by atoms with Crippen molar-refractivity contribution >= 4 is 52.6 Å². The maximum atomic E-state index is 15.7. The minimum Gasteiger partial charge on any atom is -0.496 e. The van der Waals surface area contributed by atoms with Crippen LogP contribution in [0.1, 0.15) is 86.4 Å². The summed E-state index contributed by atoms with van der Waals surface area (Å²) in [6.45, 7) is 4.69. The number of carbonyl (C=O) groups excluding carboxylic acids is 6. The molecule has 0 saturated carbocycles. The van der Waals surface area contributed by atoms with Crippen LogP contribution in [0.5, 0.6) is 5.75 Å². The van der Waals surface area contributed by atoms with E-state index in [1.165, 1.54) is 6.07 Å². The third kappa shape index (κ3) is 7.47. The number of H-pyrrole nitrogens is 1. The molecule has 63 heavy (non-hydrogen) atoms. The summed E-state index contributed by atoms with van der Waals surface area (Å²) in [5, 5.41) is 12.5. The number of halogens is 1. The molecule has 0 radical (unpaired) electrons. The lowest BCUT2D eigenvalue weighted by atomic mass is 9.94. The van der Waals surface area contributed by atoms with Crippen LogP contribution in [0.3, 0.4) is 0 Å². The van der Waals surface area contributed by atoms with Gasteiger partial charge in [-0.25, -0.2) is 4.39 Å². The molecule has 3 N–H and O–H groups in total. The molecule has 3 aromatic carbocycles. The van der Waals surface area contributed by atoms with E-state index in [0.29, 0.717) is 54.9 Å². The van der Waals surface area contributed by atoms with Gasteiger partial charge in [-0.2, -0.15) is 5.10 Å². The van der Waals surface area contributed by atoms with Crippen molar-refractivity contribution in [1.82, 2.24) is 30.2 Å². The molecule has 1 aromatic heterocycles. The second-order valence-electron chi connectivity index (χ2n) is 17.5. The molecule has 0 spiro atoms. The third-order valence-electron chi connectivity index (χ3n) is 13.8. The Balaban J connectivity index is 0.708. The zero-order chi connectivity index (χ0) is 43.5. The molecule has 4 saturated heterocycles. The summed E-state index contributed by atoms with van der Waals surface area (Å²) < 4.78 is 21.1. The number of carbonyl (C=O) groups is 6. The van der Waals surface area contributed by atoms with Gasteiger partial charge in [-0.3, -0.25) is 49.0 Å². The fraction of sp³-hybridized carbons (Fsp3) is 0.413. The number of hydrogen-bond acceptors (Lipinski definition) is 11. The zero-order valence-corrected chi connectivity index (χ0v) is 34.9. The summed E-state index contributed by atoms with van der Waals surface area (Å²) in [6.07, 6.45) is 4.30. The van der Waals surface area contributed by atoms with Gasteiger partial charge in [-0.15, -0.1) is 0 Å². The first-order valence-electron chi connectivity index (χ1n) is 21.7. The van der Waals surface area contributed by atoms with Crippen LogP contribution in [0.15, 0.2) is 60.7 Å². The number of nitrogens with zero attached hydrogens (tertiary/aromatic N) is 6. The van der Waals surface area contributed by atoms with Crippen LogP contribution in [0.2, 0.25) is 0 Å². The molecule has 7 heterocycles. The molecule has 2 bridgehead atoms. The summed E-state index contributed by atoms with van der Waals surface area (Å²) in [5.74, 6) is -1.80. The van der Waals surface area contributed by atoms with Crippen molar-refractivity contribution in [2.24, 2.45) is 5.92 Å². The number of anilines is 3. The van der Waals surface area contributed by atoms with Crippen LogP contribution in [0, 0.1) is 11.7 Å². The number of fused-ring (bicyclic) bond motifs is 4. The lowest BCUT2D eigenvalue weighted by Gasteiger charge is -2.44. The third-order valence-corrected chi connectivity index (χ3v) is 13.8. The maximum absolute atomic E-state index is 15.7. The Morgan fingerprint density at radius 2 is 1.59 bits per heavy atom. The molecular formula is C46H48FN9O7. The number of imide groups is 2. The highest BCUT2D eigenvalue weighted by Crippen LogP contribution is 2.39. The maximum Gasteiger partial charge on any atom is 0.262 e. The highest BCUT2D eigenvalue weighted by atomic mass is 19.1. The number of rotatable bonds is 10. The van der Waals surface area contributed by atoms with E-state index in [9.17, 15) is 28.8 Å². The lowest BCUT2D eigenvalue weighted by molar-refractivity contribution is -0.136. The number of ether oxygens (including phenoxy) is 1. The van der Waals surface area contributed by atoms with Gasteiger partial charge in [0.15, 0.2) is 5.82 Å². The molecule has 3 unspecified atom stereocenters. The Kier molecular flexibility index (Phi) is 10.4. The van der Waals surface area contributed by atoms with Crippen LogP contribution >= 0.6 is 0 Å². The number of methoxy groups -OCH3 is 1. The van der Waals surface area contributed by atoms with Gasteiger partial charge in [-0.05, 0) is 80.5 Å². The number of benzene rings is 3. The zero-order valence-electron chi connectivity index (χ0n) is 34.9.